The number of aromatic nitrogens is 2. The van der Waals surface area contributed by atoms with E-state index >= 15 is 0 Å². The summed E-state index contributed by atoms with van der Waals surface area (Å²) in [5.74, 6) is -0.513. The molecule has 216 valence electrons. The maximum Gasteiger partial charge on any atom is 0.421 e. The van der Waals surface area contributed by atoms with E-state index in [2.05, 4.69) is 30.4 Å². The molecule has 2 atom stereocenters. The smallest absolute Gasteiger partial charge is 0.421 e. The van der Waals surface area contributed by atoms with Gasteiger partial charge in [0.2, 0.25) is 5.95 Å². The zero-order valence-corrected chi connectivity index (χ0v) is 23.0. The number of halogens is 5. The first-order chi connectivity index (χ1) is 18.7. The van der Waals surface area contributed by atoms with Gasteiger partial charge in [-0.05, 0) is 51.7 Å². The van der Waals surface area contributed by atoms with Gasteiger partial charge in [-0.15, -0.1) is 0 Å². The van der Waals surface area contributed by atoms with E-state index in [-0.39, 0.29) is 17.5 Å². The number of aliphatic hydroxyl groups is 1. The summed E-state index contributed by atoms with van der Waals surface area (Å²) in [5.41, 5.74) is 3.78. The van der Waals surface area contributed by atoms with Crippen LogP contribution in [0.1, 0.15) is 18.9 Å². The molecule has 0 radical (unpaired) electrons. The third kappa shape index (κ3) is 5.96. The van der Waals surface area contributed by atoms with Gasteiger partial charge in [-0.3, -0.25) is 0 Å². The highest BCUT2D eigenvalue weighted by atomic mass is 35.5. The molecular formula is C26H30ClF4N7O2. The Morgan fingerprint density at radius 1 is 1.18 bits per heavy atom. The third-order valence-electron chi connectivity index (χ3n) is 6.88. The average Bonchev–Trinajstić information content (AvgIpc) is 3.36. The summed E-state index contributed by atoms with van der Waals surface area (Å²) in [6, 6.07) is 6.79. The number of methoxy groups -OCH3 is 1. The Balaban J connectivity index is 1.61. The van der Waals surface area contributed by atoms with E-state index in [4.69, 9.17) is 22.1 Å². The molecule has 5 N–H and O–H groups in total. The minimum absolute atomic E-state index is 0.0507. The van der Waals surface area contributed by atoms with Crippen molar-refractivity contribution in [3.63, 3.8) is 0 Å². The number of nitrogens with two attached hydrogens (primary N) is 1. The van der Waals surface area contributed by atoms with Crippen molar-refractivity contribution in [3.05, 3.63) is 52.9 Å². The van der Waals surface area contributed by atoms with Crippen LogP contribution in [0.4, 0.5) is 52.1 Å². The molecule has 1 aliphatic heterocycles. The molecule has 0 aliphatic carbocycles. The van der Waals surface area contributed by atoms with Crippen molar-refractivity contribution in [1.29, 1.82) is 0 Å². The molecule has 1 aromatic heterocycles. The number of alkyl halides is 3. The van der Waals surface area contributed by atoms with Crippen LogP contribution < -0.4 is 26.0 Å². The number of nitrogens with zero attached hydrogens (tertiary/aromatic N) is 4. The molecule has 40 heavy (non-hydrogen) atoms. The highest BCUT2D eigenvalue weighted by Crippen LogP contribution is 2.44. The van der Waals surface area contributed by atoms with Crippen LogP contribution in [-0.2, 0) is 5.60 Å². The van der Waals surface area contributed by atoms with Crippen molar-refractivity contribution < 1.29 is 27.4 Å². The van der Waals surface area contributed by atoms with Crippen molar-refractivity contribution in [2.45, 2.75) is 31.2 Å². The summed E-state index contributed by atoms with van der Waals surface area (Å²) < 4.78 is 60.4. The van der Waals surface area contributed by atoms with Crippen molar-refractivity contribution in [1.82, 2.24) is 14.9 Å². The topological polar surface area (TPSA) is 112 Å². The summed E-state index contributed by atoms with van der Waals surface area (Å²) in [6.45, 7) is 2.19. The van der Waals surface area contributed by atoms with Crippen LogP contribution in [-0.4, -0.2) is 66.5 Å². The Bertz CT molecular complexity index is 1390. The predicted octanol–water partition coefficient (Wildman–Crippen LogP) is 5.26. The van der Waals surface area contributed by atoms with E-state index in [1.807, 2.05) is 20.2 Å². The molecule has 1 saturated heterocycles. The van der Waals surface area contributed by atoms with Crippen LogP contribution >= 0.6 is 11.6 Å². The van der Waals surface area contributed by atoms with Crippen LogP contribution in [0.2, 0.25) is 5.02 Å². The largest absolute Gasteiger partial charge is 0.494 e. The zero-order valence-electron chi connectivity index (χ0n) is 22.3. The lowest BCUT2D eigenvalue weighted by molar-refractivity contribution is -0.258. The molecule has 14 heteroatoms. The van der Waals surface area contributed by atoms with Gasteiger partial charge in [0.1, 0.15) is 17.4 Å². The molecule has 0 spiro atoms. The van der Waals surface area contributed by atoms with Gasteiger partial charge in [-0.1, -0.05) is 11.6 Å². The summed E-state index contributed by atoms with van der Waals surface area (Å²) in [7, 11) is 5.59. The summed E-state index contributed by atoms with van der Waals surface area (Å²) in [6.07, 6.45) is -2.73. The van der Waals surface area contributed by atoms with Crippen LogP contribution in [0, 0.1) is 5.82 Å². The maximum atomic E-state index is 14.1. The van der Waals surface area contributed by atoms with E-state index in [0.717, 1.165) is 31.3 Å². The Morgan fingerprint density at radius 3 is 2.52 bits per heavy atom. The fourth-order valence-corrected chi connectivity index (χ4v) is 4.62. The second kappa shape index (κ2) is 11.1. The Morgan fingerprint density at radius 2 is 1.90 bits per heavy atom. The highest BCUT2D eigenvalue weighted by Gasteiger charge is 2.52. The molecule has 3 aromatic rings. The maximum absolute atomic E-state index is 14.1. The predicted molar refractivity (Wildman–Crippen MR) is 147 cm³/mol. The van der Waals surface area contributed by atoms with Crippen molar-refractivity contribution in [2.75, 3.05) is 55.6 Å². The second-order valence-electron chi connectivity index (χ2n) is 9.86. The molecular weight excluding hydrogens is 554 g/mol. The van der Waals surface area contributed by atoms with Gasteiger partial charge in [0, 0.05) is 42.6 Å². The van der Waals surface area contributed by atoms with Crippen molar-refractivity contribution >= 4 is 46.1 Å². The summed E-state index contributed by atoms with van der Waals surface area (Å²) >= 11 is 5.83. The first kappa shape index (κ1) is 29.4. The minimum atomic E-state index is -5.09. The minimum Gasteiger partial charge on any atom is -0.494 e. The van der Waals surface area contributed by atoms with Gasteiger partial charge < -0.3 is 36.0 Å². The zero-order chi connectivity index (χ0) is 29.4. The monoisotopic (exact) mass is 583 g/mol. The fraction of sp³-hybridized carbons (Fsp3) is 0.385. The lowest BCUT2D eigenvalue weighted by Gasteiger charge is -2.29. The number of likely N-dealkylation sites (N-methyl/N-ethyl adjacent to an activating group) is 1. The molecule has 2 aromatic carbocycles. The Labute approximate surface area is 233 Å². The van der Waals surface area contributed by atoms with Gasteiger partial charge in [-0.2, -0.15) is 18.2 Å². The summed E-state index contributed by atoms with van der Waals surface area (Å²) in [4.78, 5) is 12.8. The fourth-order valence-electron chi connectivity index (χ4n) is 4.46. The molecule has 1 aliphatic rings. The van der Waals surface area contributed by atoms with Gasteiger partial charge in [-0.25, -0.2) is 9.37 Å². The number of rotatable bonds is 8. The number of hydrogen-bond donors (Lipinski definition) is 4. The van der Waals surface area contributed by atoms with Crippen molar-refractivity contribution in [3.8, 4) is 5.75 Å². The van der Waals surface area contributed by atoms with Gasteiger partial charge >= 0.3 is 6.18 Å². The molecule has 9 nitrogen and oxygen atoms in total. The second-order valence-corrected chi connectivity index (χ2v) is 10.3. The number of nitrogens with one attached hydrogen (secondary N) is 2. The van der Waals surface area contributed by atoms with E-state index in [1.165, 1.54) is 19.4 Å². The Kier molecular flexibility index (Phi) is 8.20. The van der Waals surface area contributed by atoms with Gasteiger partial charge in [0.05, 0.1) is 29.2 Å². The standard InChI is InChI=1S/C26H30ClF4N7O2/c1-25(39,26(29,30)31)15-9-17(28)16(27)10-19(15)34-23-5-7-33-24(36-23)35-20-11-18(32)21(12-22(20)40-4)38-8-6-14(13-38)37(2)3/h5,7,9-12,14,39H,6,8,13,32H2,1-4H3,(H2,33,34,35,36)/t14-,25?/m1/s1. The number of benzene rings is 2. The van der Waals surface area contributed by atoms with Crippen LogP contribution in [0.3, 0.4) is 0 Å². The average molecular weight is 584 g/mol. The number of anilines is 6. The van der Waals surface area contributed by atoms with E-state index in [0.29, 0.717) is 36.2 Å². The molecule has 1 fully saturated rings. The van der Waals surface area contributed by atoms with Crippen LogP contribution in [0.25, 0.3) is 0 Å². The van der Waals surface area contributed by atoms with Gasteiger partial charge in [0.15, 0.2) is 5.60 Å². The lowest BCUT2D eigenvalue weighted by atomic mass is 9.93. The molecule has 0 saturated carbocycles. The quantitative estimate of drug-likeness (QED) is 0.208. The molecule has 1 unspecified atom stereocenters. The Hall–Kier alpha value is -3.55. The first-order valence-corrected chi connectivity index (χ1v) is 12.6. The first-order valence-electron chi connectivity index (χ1n) is 12.3. The lowest BCUT2D eigenvalue weighted by Crippen LogP contribution is -2.39. The van der Waals surface area contributed by atoms with Gasteiger partial charge in [0.25, 0.3) is 0 Å². The highest BCUT2D eigenvalue weighted by molar-refractivity contribution is 6.31. The van der Waals surface area contributed by atoms with Crippen LogP contribution in [0.15, 0.2) is 36.5 Å². The number of nitrogen functional groups attached to an aromatic ring is 1. The normalized spacial score (nSPS) is 17.2. The van der Waals surface area contributed by atoms with Crippen molar-refractivity contribution in [2.24, 2.45) is 0 Å². The third-order valence-corrected chi connectivity index (χ3v) is 7.17. The molecule has 0 bridgehead atoms. The number of ether oxygens (including phenoxy) is 1. The molecule has 4 rings (SSSR count). The van der Waals surface area contributed by atoms with Crippen LogP contribution in [0.5, 0.6) is 5.75 Å². The molecule has 0 amide bonds. The number of hydrogen-bond acceptors (Lipinski definition) is 9. The summed E-state index contributed by atoms with van der Waals surface area (Å²) in [5, 5.41) is 15.5. The SMILES string of the molecule is COc1cc(N2CC[C@@H](N(C)C)C2)c(N)cc1Nc1nccc(Nc2cc(Cl)c(F)cc2C(C)(O)C(F)(F)F)n1. The van der Waals surface area contributed by atoms with E-state index < -0.39 is 28.2 Å². The van der Waals surface area contributed by atoms with E-state index in [9.17, 15) is 22.7 Å². The van der Waals surface area contributed by atoms with E-state index in [1.54, 1.807) is 6.07 Å². The molecule has 2 heterocycles.